The Kier molecular flexibility index (Phi) is 1.85. The van der Waals surface area contributed by atoms with Gasteiger partial charge in [0.1, 0.15) is 0 Å². The Bertz CT molecular complexity index is 476. The van der Waals surface area contributed by atoms with Gasteiger partial charge in [-0.25, -0.2) is 0 Å². The van der Waals surface area contributed by atoms with E-state index in [-0.39, 0.29) is 0 Å². The van der Waals surface area contributed by atoms with Crippen LogP contribution in [-0.2, 0) is 4.74 Å². The number of benzene rings is 1. The van der Waals surface area contributed by atoms with Crippen LogP contribution in [0.4, 0.5) is 0 Å². The van der Waals surface area contributed by atoms with Crippen molar-refractivity contribution in [3.8, 4) is 0 Å². The van der Waals surface area contributed by atoms with Crippen LogP contribution in [0.5, 0.6) is 0 Å². The Morgan fingerprint density at radius 1 is 1.43 bits per heavy atom. The third-order valence-electron chi connectivity index (χ3n) is 2.53. The maximum atomic E-state index is 5.17. The number of aromatic nitrogens is 2. The zero-order valence-electron chi connectivity index (χ0n) is 7.48. The van der Waals surface area contributed by atoms with Crippen LogP contribution in [0.15, 0.2) is 28.9 Å². The molecule has 3 nitrogen and oxygen atoms in total. The van der Waals surface area contributed by atoms with Crippen LogP contribution in [0.25, 0.3) is 10.9 Å². The van der Waals surface area contributed by atoms with Crippen molar-refractivity contribution in [3.63, 3.8) is 0 Å². The van der Waals surface area contributed by atoms with Gasteiger partial charge in [-0.05, 0) is 22.0 Å². The van der Waals surface area contributed by atoms with E-state index < -0.39 is 0 Å². The highest BCUT2D eigenvalue weighted by Crippen LogP contribution is 2.28. The first-order chi connectivity index (χ1) is 6.86. The van der Waals surface area contributed by atoms with Crippen molar-refractivity contribution in [3.05, 3.63) is 28.9 Å². The summed E-state index contributed by atoms with van der Waals surface area (Å²) in [7, 11) is 0. The highest BCUT2D eigenvalue weighted by molar-refractivity contribution is 9.10. The van der Waals surface area contributed by atoms with Gasteiger partial charge >= 0.3 is 0 Å². The number of hydrogen-bond donors (Lipinski definition) is 0. The number of para-hydroxylation sites is 1. The largest absolute Gasteiger partial charge is 0.377 e. The third kappa shape index (κ3) is 1.11. The molecule has 1 saturated heterocycles. The summed E-state index contributed by atoms with van der Waals surface area (Å²) in [5, 5.41) is 5.56. The minimum absolute atomic E-state index is 0.409. The van der Waals surface area contributed by atoms with E-state index in [1.54, 1.807) is 0 Å². The lowest BCUT2D eigenvalue weighted by Gasteiger charge is -2.27. The third-order valence-corrected chi connectivity index (χ3v) is 3.17. The van der Waals surface area contributed by atoms with Crippen LogP contribution >= 0.6 is 15.9 Å². The Labute approximate surface area is 89.8 Å². The molecule has 1 aliphatic rings. The first-order valence-electron chi connectivity index (χ1n) is 4.56. The van der Waals surface area contributed by atoms with Gasteiger partial charge in [-0.15, -0.1) is 0 Å². The first-order valence-corrected chi connectivity index (χ1v) is 5.35. The summed E-state index contributed by atoms with van der Waals surface area (Å²) in [4.78, 5) is 0. The van der Waals surface area contributed by atoms with Gasteiger partial charge < -0.3 is 4.74 Å². The summed E-state index contributed by atoms with van der Waals surface area (Å²) in [6.45, 7) is 1.55. The van der Waals surface area contributed by atoms with Gasteiger partial charge in [0.2, 0.25) is 0 Å². The van der Waals surface area contributed by atoms with Crippen LogP contribution in [0.3, 0.4) is 0 Å². The van der Waals surface area contributed by atoms with Crippen LogP contribution in [0.2, 0.25) is 0 Å². The Balaban J connectivity index is 2.23. The lowest BCUT2D eigenvalue weighted by atomic mass is 10.2. The summed E-state index contributed by atoms with van der Waals surface area (Å²) < 4.78 is 8.31. The topological polar surface area (TPSA) is 27.1 Å². The molecule has 0 aliphatic carbocycles. The van der Waals surface area contributed by atoms with Gasteiger partial charge in [-0.3, -0.25) is 4.68 Å². The molecule has 2 aromatic rings. The monoisotopic (exact) mass is 252 g/mol. The molecule has 0 amide bonds. The fraction of sp³-hybridized carbons (Fsp3) is 0.300. The van der Waals surface area contributed by atoms with Crippen molar-refractivity contribution in [1.29, 1.82) is 0 Å². The summed E-state index contributed by atoms with van der Waals surface area (Å²) >= 11 is 3.55. The quantitative estimate of drug-likeness (QED) is 0.780. The number of fused-ring (bicyclic) bond motifs is 1. The summed E-state index contributed by atoms with van der Waals surface area (Å²) in [5.41, 5.74) is 1.17. The molecule has 0 unspecified atom stereocenters. The maximum Gasteiger partial charge on any atom is 0.0993 e. The average Bonchev–Trinajstić information content (AvgIpc) is 2.47. The Hall–Kier alpha value is -0.870. The number of hydrogen-bond acceptors (Lipinski definition) is 2. The van der Waals surface area contributed by atoms with Crippen LogP contribution in [0.1, 0.15) is 6.04 Å². The predicted octanol–water partition coefficient (Wildman–Crippen LogP) is 2.37. The number of nitrogens with zero attached hydrogens (tertiary/aromatic N) is 2. The predicted molar refractivity (Wildman–Crippen MR) is 57.3 cm³/mol. The molecule has 0 radical (unpaired) electrons. The second kappa shape index (κ2) is 3.07. The number of rotatable bonds is 1. The minimum atomic E-state index is 0.409. The molecule has 1 aromatic carbocycles. The lowest BCUT2D eigenvalue weighted by molar-refractivity contribution is -0.0267. The van der Waals surface area contributed by atoms with E-state index in [4.69, 9.17) is 4.74 Å². The number of halogens is 1. The zero-order chi connectivity index (χ0) is 9.54. The van der Waals surface area contributed by atoms with Crippen LogP contribution in [-0.4, -0.2) is 23.0 Å². The molecule has 0 spiro atoms. The smallest absolute Gasteiger partial charge is 0.0993 e. The standard InChI is InChI=1S/C10H9BrN2O/c11-9-3-1-2-7-4-12-13(10(7)9)8-5-14-6-8/h1-4,8H,5-6H2. The van der Waals surface area contributed by atoms with Crippen molar-refractivity contribution in [2.45, 2.75) is 6.04 Å². The van der Waals surface area contributed by atoms with Gasteiger partial charge in [0, 0.05) is 9.86 Å². The molecule has 72 valence electrons. The van der Waals surface area contributed by atoms with E-state index in [0.29, 0.717) is 6.04 Å². The maximum absolute atomic E-state index is 5.17. The van der Waals surface area contributed by atoms with Crippen LogP contribution < -0.4 is 0 Å². The van der Waals surface area contributed by atoms with E-state index in [1.165, 1.54) is 10.9 Å². The molecule has 1 fully saturated rings. The van der Waals surface area contributed by atoms with Gasteiger partial charge in [-0.1, -0.05) is 12.1 Å². The average molecular weight is 253 g/mol. The fourth-order valence-electron chi connectivity index (χ4n) is 1.70. The molecule has 3 rings (SSSR count). The van der Waals surface area contributed by atoms with E-state index in [9.17, 15) is 0 Å². The van der Waals surface area contributed by atoms with Gasteiger partial charge in [0.15, 0.2) is 0 Å². The molecule has 4 heteroatoms. The van der Waals surface area contributed by atoms with Gasteiger partial charge in [0.25, 0.3) is 0 Å². The summed E-state index contributed by atoms with van der Waals surface area (Å²) in [6.07, 6.45) is 1.90. The van der Waals surface area contributed by atoms with E-state index >= 15 is 0 Å². The molecule has 2 heterocycles. The molecule has 0 saturated carbocycles. The minimum Gasteiger partial charge on any atom is -0.377 e. The normalized spacial score (nSPS) is 17.2. The summed E-state index contributed by atoms with van der Waals surface area (Å²) in [5.74, 6) is 0. The Morgan fingerprint density at radius 3 is 3.00 bits per heavy atom. The molecule has 0 bridgehead atoms. The summed E-state index contributed by atoms with van der Waals surface area (Å²) in [6, 6.07) is 6.55. The SMILES string of the molecule is Brc1cccc2cnn(C3COC3)c12. The van der Waals surface area contributed by atoms with Gasteiger partial charge in [-0.2, -0.15) is 5.10 Å². The van der Waals surface area contributed by atoms with Crippen molar-refractivity contribution >= 4 is 26.8 Å². The second-order valence-corrected chi connectivity index (χ2v) is 4.31. The molecule has 1 aliphatic heterocycles. The number of ether oxygens (including phenoxy) is 1. The van der Waals surface area contributed by atoms with Crippen molar-refractivity contribution in [2.75, 3.05) is 13.2 Å². The molecule has 0 N–H and O–H groups in total. The van der Waals surface area contributed by atoms with Crippen molar-refractivity contribution in [2.24, 2.45) is 0 Å². The molecular weight excluding hydrogens is 244 g/mol. The van der Waals surface area contributed by atoms with Crippen LogP contribution in [0, 0.1) is 0 Å². The molecule has 14 heavy (non-hydrogen) atoms. The van der Waals surface area contributed by atoms with E-state index in [2.05, 4.69) is 27.1 Å². The molecule has 1 aromatic heterocycles. The second-order valence-electron chi connectivity index (χ2n) is 3.46. The zero-order valence-corrected chi connectivity index (χ0v) is 9.07. The molecule has 0 atom stereocenters. The van der Waals surface area contributed by atoms with Crippen molar-refractivity contribution < 1.29 is 4.74 Å². The van der Waals surface area contributed by atoms with Crippen molar-refractivity contribution in [1.82, 2.24) is 9.78 Å². The lowest BCUT2D eigenvalue weighted by Crippen LogP contribution is -2.31. The highest BCUT2D eigenvalue weighted by atomic mass is 79.9. The first kappa shape index (κ1) is 8.44. The van der Waals surface area contributed by atoms with E-state index in [1.807, 2.05) is 23.0 Å². The fourth-order valence-corrected chi connectivity index (χ4v) is 2.26. The molecular formula is C10H9BrN2O. The van der Waals surface area contributed by atoms with E-state index in [0.717, 1.165) is 17.7 Å². The van der Waals surface area contributed by atoms with Gasteiger partial charge in [0.05, 0.1) is 31.0 Å². The Morgan fingerprint density at radius 2 is 2.29 bits per heavy atom. The highest BCUT2D eigenvalue weighted by Gasteiger charge is 2.23.